The fraction of sp³-hybridized carbons (Fsp3) is 0.639. The number of nitrogens with two attached hydrogens (primary N) is 1. The van der Waals surface area contributed by atoms with Gasteiger partial charge in [0.2, 0.25) is 17.6 Å². The van der Waals surface area contributed by atoms with Crippen molar-refractivity contribution in [2.24, 2.45) is 11.7 Å². The van der Waals surface area contributed by atoms with Crippen LogP contribution in [0.4, 0.5) is 0 Å². The van der Waals surface area contributed by atoms with Crippen LogP contribution in [0.5, 0.6) is 0 Å². The van der Waals surface area contributed by atoms with Crippen LogP contribution in [0.2, 0.25) is 0 Å². The molecule has 0 spiro atoms. The van der Waals surface area contributed by atoms with E-state index >= 15 is 0 Å². The lowest BCUT2D eigenvalue weighted by Crippen LogP contribution is -2.64. The summed E-state index contributed by atoms with van der Waals surface area (Å²) in [6.45, 7) is 6.43. The van der Waals surface area contributed by atoms with Crippen molar-refractivity contribution in [1.82, 2.24) is 30.5 Å². The summed E-state index contributed by atoms with van der Waals surface area (Å²) in [5, 5.41) is 24.0. The predicted molar refractivity (Wildman–Crippen MR) is 191 cm³/mol. The molecule has 3 heterocycles. The smallest absolute Gasteiger partial charge is 0.287 e. The predicted octanol–water partition coefficient (Wildman–Crippen LogP) is 1.32. The third-order valence-electron chi connectivity index (χ3n) is 10.7. The Hall–Kier alpha value is -4.22. The van der Waals surface area contributed by atoms with Gasteiger partial charge in [0.1, 0.15) is 23.2 Å². The van der Waals surface area contributed by atoms with Crippen molar-refractivity contribution in [2.75, 3.05) is 19.8 Å². The molecule has 3 atom stereocenters. The number of amides is 4. The van der Waals surface area contributed by atoms with Crippen LogP contribution >= 0.6 is 0 Å². The Morgan fingerprint density at radius 1 is 1.06 bits per heavy atom. The average molecular weight is 758 g/mol. The van der Waals surface area contributed by atoms with Gasteiger partial charge in [0.05, 0.1) is 28.1 Å². The first kappa shape index (κ1) is 40.0. The van der Waals surface area contributed by atoms with Gasteiger partial charge in [-0.1, -0.05) is 37.3 Å². The van der Waals surface area contributed by atoms with E-state index in [4.69, 9.17) is 10.5 Å². The van der Waals surface area contributed by atoms with Gasteiger partial charge < -0.3 is 31.1 Å². The molecule has 1 aliphatic carbocycles. The zero-order chi connectivity index (χ0) is 38.7. The molecule has 0 bridgehead atoms. The number of hydrogen-bond acceptors (Lipinski definition) is 11. The van der Waals surface area contributed by atoms with Crippen LogP contribution in [-0.4, -0.2) is 105 Å². The summed E-state index contributed by atoms with van der Waals surface area (Å²) >= 11 is 0. The molecule has 16 nitrogen and oxygen atoms in total. The molecule has 5 N–H and O–H groups in total. The van der Waals surface area contributed by atoms with Gasteiger partial charge in [-0.05, 0) is 64.3 Å². The van der Waals surface area contributed by atoms with Gasteiger partial charge in [-0.25, -0.2) is 13.1 Å². The molecule has 1 aromatic heterocycles. The van der Waals surface area contributed by atoms with Crippen molar-refractivity contribution >= 4 is 39.2 Å². The topological polar surface area (TPSA) is 233 Å². The Morgan fingerprint density at radius 3 is 2.28 bits per heavy atom. The lowest BCUT2D eigenvalue weighted by molar-refractivity contribution is -0.147. The minimum atomic E-state index is -3.57. The van der Waals surface area contributed by atoms with E-state index in [1.165, 1.54) is 40.0 Å². The number of nitrogens with one attached hydrogen (secondary N) is 2. The summed E-state index contributed by atoms with van der Waals surface area (Å²) in [4.78, 5) is 69.5. The number of ketones is 1. The van der Waals surface area contributed by atoms with Crippen LogP contribution in [0, 0.1) is 5.92 Å². The highest BCUT2D eigenvalue weighted by Crippen LogP contribution is 2.34. The van der Waals surface area contributed by atoms with E-state index in [0.29, 0.717) is 12.1 Å². The molecular formula is C36H51N7O9S. The number of carbonyl (C=O) groups excluding carboxylic acids is 5. The molecule has 2 aliphatic heterocycles. The number of likely N-dealkylation sites (tertiary alicyclic amines) is 1. The highest BCUT2D eigenvalue weighted by molar-refractivity contribution is 7.92. The molecule has 3 fully saturated rings. The summed E-state index contributed by atoms with van der Waals surface area (Å²) < 4.78 is 32.3. The summed E-state index contributed by atoms with van der Waals surface area (Å²) in [5.74, 6) is -3.84. The summed E-state index contributed by atoms with van der Waals surface area (Å²) in [5.41, 5.74) is 2.94. The van der Waals surface area contributed by atoms with Crippen LogP contribution in [0.25, 0.3) is 0 Å². The number of nitrogens with zero attached hydrogens (tertiary/aromatic N) is 4. The Balaban J connectivity index is 1.48. The number of Topliss-reactive ketones (excluding diaryl/α,β-unsaturated/α-hetero) is 1. The van der Waals surface area contributed by atoms with Crippen molar-refractivity contribution in [3.8, 4) is 0 Å². The minimum absolute atomic E-state index is 0.00809. The Kier molecular flexibility index (Phi) is 12.1. The average Bonchev–Trinajstić information content (AvgIpc) is 3.80. The van der Waals surface area contributed by atoms with E-state index in [0.717, 1.165) is 32.1 Å². The number of primary amides is 1. The Labute approximate surface area is 309 Å². The van der Waals surface area contributed by atoms with Crippen molar-refractivity contribution in [3.63, 3.8) is 0 Å². The van der Waals surface area contributed by atoms with Crippen LogP contribution in [0.15, 0.2) is 35.4 Å². The van der Waals surface area contributed by atoms with E-state index < -0.39 is 73.8 Å². The Bertz CT molecular complexity index is 1790. The van der Waals surface area contributed by atoms with Crippen LogP contribution < -0.4 is 16.4 Å². The quantitative estimate of drug-likeness (QED) is 0.213. The first-order valence-electron chi connectivity index (χ1n) is 18.3. The highest BCUT2D eigenvalue weighted by atomic mass is 32.2. The number of aromatic nitrogens is 3. The summed E-state index contributed by atoms with van der Waals surface area (Å²) in [6, 6.07) is 2.68. The molecule has 290 valence electrons. The van der Waals surface area contributed by atoms with E-state index in [1.54, 1.807) is 27.7 Å². The second-order valence-electron chi connectivity index (χ2n) is 15.3. The standard InChI is InChI=1S/C36H51N7O9S/c1-22(2)53(50,51)26-12-10-24(11-13-26)32(46)39-27(18-23-8-6-5-7-9-23)34(48)42-21-25(43-29(20-38-41-43)35(3,4)49)19-28(42)33(47)40-36(30(44)31(37)45)14-16-52-17-15-36/h10-13,20,22-23,25,27-28,49H,5-9,14-19,21H2,1-4H3,(H2,37,45)(H,39,46)(H,40,47)/t25-,27?,28-/m0/s1. The minimum Gasteiger partial charge on any atom is -0.384 e. The summed E-state index contributed by atoms with van der Waals surface area (Å²) in [7, 11) is -3.57. The van der Waals surface area contributed by atoms with Gasteiger partial charge in [-0.2, -0.15) is 0 Å². The third-order valence-corrected chi connectivity index (χ3v) is 12.9. The third kappa shape index (κ3) is 8.78. The maximum atomic E-state index is 14.8. The summed E-state index contributed by atoms with van der Waals surface area (Å²) in [6.07, 6.45) is 6.51. The second-order valence-corrected chi connectivity index (χ2v) is 17.8. The molecule has 0 radical (unpaired) electrons. The van der Waals surface area contributed by atoms with E-state index in [9.17, 15) is 37.5 Å². The molecule has 5 rings (SSSR count). The number of carbonyl (C=O) groups is 5. The molecule has 17 heteroatoms. The zero-order valence-corrected chi connectivity index (χ0v) is 31.6. The number of benzene rings is 1. The second kappa shape index (κ2) is 16.0. The van der Waals surface area contributed by atoms with Crippen molar-refractivity contribution < 1.29 is 42.2 Å². The zero-order valence-electron chi connectivity index (χ0n) is 30.7. The molecule has 1 aromatic carbocycles. The van der Waals surface area contributed by atoms with Crippen LogP contribution in [0.3, 0.4) is 0 Å². The largest absolute Gasteiger partial charge is 0.384 e. The lowest BCUT2D eigenvalue weighted by atomic mass is 9.84. The van der Waals surface area contributed by atoms with Gasteiger partial charge in [-0.3, -0.25) is 24.0 Å². The monoisotopic (exact) mass is 757 g/mol. The molecule has 4 amide bonds. The van der Waals surface area contributed by atoms with Crippen LogP contribution in [-0.2, 0) is 39.4 Å². The fourth-order valence-electron chi connectivity index (χ4n) is 7.61. The number of aliphatic hydroxyl groups is 1. The van der Waals surface area contributed by atoms with E-state index in [2.05, 4.69) is 20.9 Å². The SMILES string of the molecule is CC(C)S(=O)(=O)c1ccc(C(=O)NC(CC2CCCCC2)C(=O)N2C[C@@H](n3nncc3C(C)(C)O)C[C@H]2C(=O)NC2(C(=O)C(N)=O)CCOCC2)cc1. The molecule has 53 heavy (non-hydrogen) atoms. The van der Waals surface area contributed by atoms with E-state index in [-0.39, 0.29) is 55.4 Å². The van der Waals surface area contributed by atoms with Gasteiger partial charge in [0.25, 0.3) is 11.8 Å². The molecule has 1 unspecified atom stereocenters. The molecule has 3 aliphatic rings. The molecule has 2 saturated heterocycles. The van der Waals surface area contributed by atoms with Gasteiger partial charge >= 0.3 is 0 Å². The maximum Gasteiger partial charge on any atom is 0.287 e. The van der Waals surface area contributed by atoms with Gasteiger partial charge in [0, 0.05) is 44.6 Å². The van der Waals surface area contributed by atoms with Gasteiger partial charge in [0.15, 0.2) is 9.84 Å². The molecular weight excluding hydrogens is 707 g/mol. The highest BCUT2D eigenvalue weighted by Gasteiger charge is 2.49. The normalized spacial score (nSPS) is 21.6. The van der Waals surface area contributed by atoms with Crippen molar-refractivity contribution in [3.05, 3.63) is 41.7 Å². The fourth-order valence-corrected chi connectivity index (χ4v) is 8.67. The number of hydrogen-bond donors (Lipinski definition) is 4. The van der Waals surface area contributed by atoms with Crippen molar-refractivity contribution in [1.29, 1.82) is 0 Å². The first-order valence-corrected chi connectivity index (χ1v) is 19.8. The van der Waals surface area contributed by atoms with Gasteiger partial charge in [-0.15, -0.1) is 5.10 Å². The maximum absolute atomic E-state index is 14.8. The molecule has 2 aromatic rings. The number of sulfone groups is 1. The Morgan fingerprint density at radius 2 is 1.70 bits per heavy atom. The van der Waals surface area contributed by atoms with Crippen LogP contribution in [0.1, 0.15) is 108 Å². The van der Waals surface area contributed by atoms with E-state index in [1.807, 2.05) is 0 Å². The van der Waals surface area contributed by atoms with Crippen molar-refractivity contribution in [2.45, 2.75) is 125 Å². The molecule has 1 saturated carbocycles. The number of ether oxygens (including phenoxy) is 1. The number of rotatable bonds is 13. The lowest BCUT2D eigenvalue weighted by Gasteiger charge is -2.37. The first-order chi connectivity index (χ1) is 24.9.